The van der Waals surface area contributed by atoms with Crippen molar-refractivity contribution in [2.75, 3.05) is 7.11 Å². The molecular weight excluding hydrogens is 180 g/mol. The molecule has 0 saturated heterocycles. The van der Waals surface area contributed by atoms with Crippen molar-refractivity contribution in [1.82, 2.24) is 4.98 Å². The Morgan fingerprint density at radius 2 is 2.42 bits per heavy atom. The van der Waals surface area contributed by atoms with Crippen LogP contribution in [0, 0.1) is 0 Å². The van der Waals surface area contributed by atoms with Crippen molar-refractivity contribution >= 4 is 17.5 Å². The lowest BCUT2D eigenvalue weighted by molar-refractivity contribution is 0.0999. The van der Waals surface area contributed by atoms with Gasteiger partial charge in [-0.2, -0.15) is 0 Å². The molecular formula is C7H7ClN2O2. The highest BCUT2D eigenvalue weighted by molar-refractivity contribution is 6.30. The van der Waals surface area contributed by atoms with Gasteiger partial charge in [-0.1, -0.05) is 11.6 Å². The number of nitrogens with two attached hydrogens (primary N) is 1. The second-order valence-corrected chi connectivity index (χ2v) is 2.44. The predicted molar refractivity (Wildman–Crippen MR) is 44.3 cm³/mol. The van der Waals surface area contributed by atoms with Gasteiger partial charge in [-0.15, -0.1) is 0 Å². The summed E-state index contributed by atoms with van der Waals surface area (Å²) in [7, 11) is 1.44. The highest BCUT2D eigenvalue weighted by Crippen LogP contribution is 2.21. The summed E-state index contributed by atoms with van der Waals surface area (Å²) >= 11 is 5.61. The molecule has 2 N–H and O–H groups in total. The third-order valence-electron chi connectivity index (χ3n) is 1.31. The maximum absolute atomic E-state index is 10.7. The van der Waals surface area contributed by atoms with Crippen LogP contribution in [-0.2, 0) is 0 Å². The van der Waals surface area contributed by atoms with Crippen LogP contribution in [-0.4, -0.2) is 18.0 Å². The van der Waals surface area contributed by atoms with E-state index < -0.39 is 5.91 Å². The van der Waals surface area contributed by atoms with E-state index in [-0.39, 0.29) is 10.7 Å². The molecule has 4 nitrogen and oxygen atoms in total. The monoisotopic (exact) mass is 186 g/mol. The first-order chi connectivity index (χ1) is 5.65. The molecule has 1 aromatic rings. The van der Waals surface area contributed by atoms with Crippen molar-refractivity contribution in [2.24, 2.45) is 5.73 Å². The predicted octanol–water partition coefficient (Wildman–Crippen LogP) is 0.843. The zero-order valence-electron chi connectivity index (χ0n) is 6.37. The molecule has 0 spiro atoms. The van der Waals surface area contributed by atoms with Gasteiger partial charge in [0.2, 0.25) is 5.91 Å². The van der Waals surface area contributed by atoms with Crippen molar-refractivity contribution in [2.45, 2.75) is 0 Å². The van der Waals surface area contributed by atoms with Crippen LogP contribution in [0.1, 0.15) is 10.4 Å². The first-order valence-corrected chi connectivity index (χ1v) is 3.52. The second kappa shape index (κ2) is 3.40. The number of rotatable bonds is 2. The van der Waals surface area contributed by atoms with Crippen LogP contribution >= 0.6 is 11.6 Å². The molecule has 0 aliphatic heterocycles. The Balaban J connectivity index is 3.13. The fourth-order valence-electron chi connectivity index (χ4n) is 0.706. The third-order valence-corrected chi connectivity index (χ3v) is 1.60. The number of nitrogens with zero attached hydrogens (tertiary/aromatic N) is 1. The number of carbonyl (C=O) groups is 1. The van der Waals surface area contributed by atoms with E-state index in [0.717, 1.165) is 0 Å². The van der Waals surface area contributed by atoms with Crippen molar-refractivity contribution < 1.29 is 9.53 Å². The minimum absolute atomic E-state index is 0.211. The van der Waals surface area contributed by atoms with Crippen LogP contribution in [0.25, 0.3) is 0 Å². The van der Waals surface area contributed by atoms with Gasteiger partial charge in [-0.3, -0.25) is 4.79 Å². The molecule has 1 aromatic heterocycles. The Bertz CT molecular complexity index is 314. The fourth-order valence-corrected chi connectivity index (χ4v) is 0.886. The summed E-state index contributed by atoms with van der Waals surface area (Å²) in [4.78, 5) is 14.4. The first-order valence-electron chi connectivity index (χ1n) is 3.14. The van der Waals surface area contributed by atoms with Crippen molar-refractivity contribution in [3.8, 4) is 5.75 Å². The van der Waals surface area contributed by atoms with Gasteiger partial charge < -0.3 is 10.5 Å². The van der Waals surface area contributed by atoms with E-state index in [0.29, 0.717) is 5.75 Å². The maximum Gasteiger partial charge on any atom is 0.250 e. The van der Waals surface area contributed by atoms with E-state index in [1.165, 1.54) is 19.4 Å². The molecule has 0 fully saturated rings. The smallest absolute Gasteiger partial charge is 0.250 e. The van der Waals surface area contributed by atoms with Gasteiger partial charge in [-0.05, 0) is 6.07 Å². The average Bonchev–Trinajstić information content (AvgIpc) is 2.05. The van der Waals surface area contributed by atoms with Gasteiger partial charge >= 0.3 is 0 Å². The third kappa shape index (κ3) is 1.65. The normalized spacial score (nSPS) is 9.50. The second-order valence-electron chi connectivity index (χ2n) is 2.08. The number of amides is 1. The molecule has 0 aliphatic rings. The van der Waals surface area contributed by atoms with Crippen molar-refractivity contribution in [3.63, 3.8) is 0 Å². The van der Waals surface area contributed by atoms with Crippen molar-refractivity contribution in [1.29, 1.82) is 0 Å². The molecule has 0 radical (unpaired) electrons. The number of ether oxygens (including phenoxy) is 1. The minimum Gasteiger partial charge on any atom is -0.493 e. The quantitative estimate of drug-likeness (QED) is 0.697. The van der Waals surface area contributed by atoms with Crippen LogP contribution in [0.2, 0.25) is 5.15 Å². The van der Waals surface area contributed by atoms with Crippen LogP contribution < -0.4 is 10.5 Å². The largest absolute Gasteiger partial charge is 0.493 e. The molecule has 1 rings (SSSR count). The molecule has 1 amide bonds. The maximum atomic E-state index is 10.7. The lowest BCUT2D eigenvalue weighted by atomic mass is 10.3. The molecule has 0 aliphatic carbocycles. The van der Waals surface area contributed by atoms with Crippen LogP contribution in [0.4, 0.5) is 0 Å². The van der Waals surface area contributed by atoms with Crippen LogP contribution in [0.3, 0.4) is 0 Å². The Hall–Kier alpha value is -1.29. The topological polar surface area (TPSA) is 65.2 Å². The molecule has 0 bridgehead atoms. The Morgan fingerprint density at radius 1 is 1.75 bits per heavy atom. The molecule has 5 heteroatoms. The van der Waals surface area contributed by atoms with Gasteiger partial charge in [0.25, 0.3) is 0 Å². The average molecular weight is 187 g/mol. The van der Waals surface area contributed by atoms with E-state index in [1.807, 2.05) is 0 Å². The molecule has 0 saturated carbocycles. The highest BCUT2D eigenvalue weighted by atomic mass is 35.5. The van der Waals surface area contributed by atoms with Crippen LogP contribution in [0.15, 0.2) is 12.3 Å². The van der Waals surface area contributed by atoms with Gasteiger partial charge in [-0.25, -0.2) is 4.98 Å². The number of methoxy groups -OCH3 is 1. The summed E-state index contributed by atoms with van der Waals surface area (Å²) in [6, 6.07) is 1.44. The summed E-state index contributed by atoms with van der Waals surface area (Å²) in [5.41, 5.74) is 5.28. The van der Waals surface area contributed by atoms with E-state index in [4.69, 9.17) is 22.1 Å². The number of halogens is 1. The van der Waals surface area contributed by atoms with Gasteiger partial charge in [0.05, 0.1) is 12.7 Å². The highest BCUT2D eigenvalue weighted by Gasteiger charge is 2.06. The standard InChI is InChI=1S/C7H7ClN2O2/c1-12-5-2-4(7(9)11)3-10-6(5)8/h2-3H,1H3,(H2,9,11). The summed E-state index contributed by atoms with van der Waals surface area (Å²) in [5, 5.41) is 0.211. The Kier molecular flexibility index (Phi) is 2.50. The van der Waals surface area contributed by atoms with E-state index >= 15 is 0 Å². The van der Waals surface area contributed by atoms with E-state index in [1.54, 1.807) is 0 Å². The summed E-state index contributed by atoms with van der Waals surface area (Å²) in [5.74, 6) is -0.217. The minimum atomic E-state index is -0.558. The van der Waals surface area contributed by atoms with E-state index in [2.05, 4.69) is 4.98 Å². The first kappa shape index (κ1) is 8.80. The Morgan fingerprint density at radius 3 is 2.92 bits per heavy atom. The molecule has 64 valence electrons. The summed E-state index contributed by atoms with van der Waals surface area (Å²) in [6.07, 6.45) is 1.30. The van der Waals surface area contributed by atoms with Gasteiger partial charge in [0.1, 0.15) is 0 Å². The van der Waals surface area contributed by atoms with Gasteiger partial charge in [0, 0.05) is 6.20 Å². The Labute approximate surface area is 74.3 Å². The number of hydrogen-bond acceptors (Lipinski definition) is 3. The number of pyridine rings is 1. The van der Waals surface area contributed by atoms with Crippen molar-refractivity contribution in [3.05, 3.63) is 23.0 Å². The molecule has 0 aromatic carbocycles. The summed E-state index contributed by atoms with van der Waals surface area (Å²) in [6.45, 7) is 0. The molecule has 12 heavy (non-hydrogen) atoms. The fraction of sp³-hybridized carbons (Fsp3) is 0.143. The number of carbonyl (C=O) groups excluding carboxylic acids is 1. The lowest BCUT2D eigenvalue weighted by Gasteiger charge is -2.02. The lowest BCUT2D eigenvalue weighted by Crippen LogP contribution is -2.11. The molecule has 0 unspecified atom stereocenters. The van der Waals surface area contributed by atoms with Crippen LogP contribution in [0.5, 0.6) is 5.75 Å². The number of hydrogen-bond donors (Lipinski definition) is 1. The number of primary amides is 1. The number of aromatic nitrogens is 1. The zero-order chi connectivity index (χ0) is 9.14. The van der Waals surface area contributed by atoms with E-state index in [9.17, 15) is 4.79 Å². The zero-order valence-corrected chi connectivity index (χ0v) is 7.13. The SMILES string of the molecule is COc1cc(C(N)=O)cnc1Cl. The van der Waals surface area contributed by atoms with Gasteiger partial charge in [0.15, 0.2) is 10.9 Å². The molecule has 0 atom stereocenters. The molecule has 1 heterocycles. The summed E-state index contributed by atoms with van der Waals surface area (Å²) < 4.78 is 4.83.